The molecule has 31 heavy (non-hydrogen) atoms. The fraction of sp³-hybridized carbons (Fsp3) is 0.292. The molecule has 7 heteroatoms. The predicted molar refractivity (Wildman–Crippen MR) is 124 cm³/mol. The Morgan fingerprint density at radius 1 is 1.16 bits per heavy atom. The maximum atomic E-state index is 12.4. The molecule has 2 aromatic rings. The minimum Gasteiger partial charge on any atom is -0.484 e. The first-order valence-electron chi connectivity index (χ1n) is 10.1. The highest BCUT2D eigenvalue weighted by Gasteiger charge is 2.21. The molecular weight excluding hydrogens is 458 g/mol. The minimum absolute atomic E-state index is 0.119. The molecule has 1 aliphatic heterocycles. The topological polar surface area (TPSA) is 82.4 Å². The summed E-state index contributed by atoms with van der Waals surface area (Å²) in [5.74, 6) is 0.0289. The van der Waals surface area contributed by atoms with Gasteiger partial charge < -0.3 is 15.0 Å². The van der Waals surface area contributed by atoms with Gasteiger partial charge in [0.2, 0.25) is 0 Å². The summed E-state index contributed by atoms with van der Waals surface area (Å²) < 4.78 is 6.38. The van der Waals surface area contributed by atoms with Crippen molar-refractivity contribution in [2.45, 2.75) is 26.7 Å². The Hall–Kier alpha value is -3.11. The number of anilines is 1. The van der Waals surface area contributed by atoms with E-state index >= 15 is 0 Å². The van der Waals surface area contributed by atoms with Gasteiger partial charge in [0.05, 0.1) is 5.69 Å². The van der Waals surface area contributed by atoms with Crippen LogP contribution in [0.4, 0.5) is 5.69 Å². The van der Waals surface area contributed by atoms with Crippen LogP contribution in [0.5, 0.6) is 5.75 Å². The summed E-state index contributed by atoms with van der Waals surface area (Å²) in [7, 11) is 0. The van der Waals surface area contributed by atoms with Crippen LogP contribution in [0.1, 0.15) is 29.5 Å². The third-order valence-electron chi connectivity index (χ3n) is 5.16. The molecule has 1 saturated heterocycles. The van der Waals surface area contributed by atoms with Crippen molar-refractivity contribution in [1.29, 1.82) is 5.26 Å². The molecule has 1 N–H and O–H groups in total. The zero-order valence-electron chi connectivity index (χ0n) is 17.6. The summed E-state index contributed by atoms with van der Waals surface area (Å²) in [4.78, 5) is 26.4. The van der Waals surface area contributed by atoms with Crippen molar-refractivity contribution in [1.82, 2.24) is 4.90 Å². The van der Waals surface area contributed by atoms with Crippen molar-refractivity contribution in [2.24, 2.45) is 0 Å². The molecule has 0 unspecified atom stereocenters. The first-order valence-corrected chi connectivity index (χ1v) is 10.9. The number of likely N-dealkylation sites (tertiary alicyclic amines) is 1. The lowest BCUT2D eigenvalue weighted by molar-refractivity contribution is -0.125. The highest BCUT2D eigenvalue weighted by Crippen LogP contribution is 2.26. The van der Waals surface area contributed by atoms with Crippen molar-refractivity contribution in [2.75, 3.05) is 25.0 Å². The van der Waals surface area contributed by atoms with Crippen LogP contribution in [0.3, 0.4) is 0 Å². The molecular formula is C24H24BrN3O3. The zero-order chi connectivity index (χ0) is 22.4. The van der Waals surface area contributed by atoms with Crippen molar-refractivity contribution >= 4 is 39.5 Å². The average Bonchev–Trinajstić information content (AvgIpc) is 3.29. The van der Waals surface area contributed by atoms with Crippen LogP contribution in [0.15, 0.2) is 46.4 Å². The maximum Gasteiger partial charge on any atom is 0.264 e. The molecule has 0 atom stereocenters. The summed E-state index contributed by atoms with van der Waals surface area (Å²) in [6.45, 7) is 5.26. The Kier molecular flexibility index (Phi) is 7.48. The zero-order valence-corrected chi connectivity index (χ0v) is 19.2. The van der Waals surface area contributed by atoms with Gasteiger partial charge in [-0.1, -0.05) is 12.1 Å². The maximum absolute atomic E-state index is 12.4. The summed E-state index contributed by atoms with van der Waals surface area (Å²) >= 11 is 3.46. The second kappa shape index (κ2) is 10.3. The molecule has 2 amide bonds. The molecule has 0 radical (unpaired) electrons. The fourth-order valence-electron chi connectivity index (χ4n) is 3.27. The van der Waals surface area contributed by atoms with E-state index < -0.39 is 0 Å². The molecule has 0 bridgehead atoms. The number of benzene rings is 2. The van der Waals surface area contributed by atoms with Gasteiger partial charge >= 0.3 is 0 Å². The Balaban J connectivity index is 1.58. The van der Waals surface area contributed by atoms with Gasteiger partial charge in [-0.25, -0.2) is 0 Å². The largest absolute Gasteiger partial charge is 0.484 e. The molecule has 1 fully saturated rings. The minimum atomic E-state index is -0.268. The van der Waals surface area contributed by atoms with Gasteiger partial charge in [0, 0.05) is 17.6 Å². The van der Waals surface area contributed by atoms with Crippen LogP contribution in [-0.2, 0) is 9.59 Å². The normalized spacial score (nSPS) is 13.6. The van der Waals surface area contributed by atoms with Crippen molar-refractivity contribution in [3.63, 3.8) is 0 Å². The number of nitrogens with zero attached hydrogens (tertiary/aromatic N) is 2. The third kappa shape index (κ3) is 5.96. The number of nitrogens with one attached hydrogen (secondary N) is 1. The van der Waals surface area contributed by atoms with Gasteiger partial charge in [0.15, 0.2) is 6.61 Å². The number of hydrogen-bond acceptors (Lipinski definition) is 4. The number of rotatable bonds is 6. The summed E-state index contributed by atoms with van der Waals surface area (Å²) in [6, 6.07) is 12.8. The van der Waals surface area contributed by atoms with E-state index in [1.807, 2.05) is 32.0 Å². The van der Waals surface area contributed by atoms with E-state index in [-0.39, 0.29) is 24.0 Å². The van der Waals surface area contributed by atoms with Gasteiger partial charge in [0.25, 0.3) is 11.8 Å². The first kappa shape index (κ1) is 22.6. The van der Waals surface area contributed by atoms with Gasteiger partial charge in [-0.05, 0) is 89.7 Å². The van der Waals surface area contributed by atoms with Crippen LogP contribution in [0.25, 0.3) is 6.08 Å². The van der Waals surface area contributed by atoms with Gasteiger partial charge in [0.1, 0.15) is 17.4 Å². The summed E-state index contributed by atoms with van der Waals surface area (Å²) in [5, 5.41) is 12.2. The number of halogens is 1. The monoisotopic (exact) mass is 481 g/mol. The molecule has 1 aliphatic rings. The Bertz CT molecular complexity index is 1050. The first-order chi connectivity index (χ1) is 14.9. The standard InChI is InChI=1S/C24H24BrN3O3/c1-16-11-21(25)22(12-17(16)2)27-23(29)15-31-20-7-5-18(6-8-20)13-19(14-26)24(30)28-9-3-4-10-28/h5-8,11-13H,3-4,9-10,15H2,1-2H3,(H,27,29)/b19-13+. The smallest absolute Gasteiger partial charge is 0.264 e. The second-order valence-corrected chi connectivity index (χ2v) is 8.35. The van der Waals surface area contributed by atoms with E-state index in [0.717, 1.165) is 34.0 Å². The highest BCUT2D eigenvalue weighted by molar-refractivity contribution is 9.10. The second-order valence-electron chi connectivity index (χ2n) is 7.49. The molecule has 1 heterocycles. The lowest BCUT2D eigenvalue weighted by atomic mass is 10.1. The molecule has 0 spiro atoms. The Morgan fingerprint density at radius 3 is 2.45 bits per heavy atom. The van der Waals surface area contributed by atoms with Crippen molar-refractivity contribution < 1.29 is 14.3 Å². The molecule has 160 valence electrons. The highest BCUT2D eigenvalue weighted by atomic mass is 79.9. The summed E-state index contributed by atoms with van der Waals surface area (Å²) in [5.41, 5.74) is 3.76. The third-order valence-corrected chi connectivity index (χ3v) is 5.82. The van der Waals surface area contributed by atoms with E-state index in [4.69, 9.17) is 4.74 Å². The van der Waals surface area contributed by atoms with Crippen LogP contribution in [-0.4, -0.2) is 36.4 Å². The number of ether oxygens (including phenoxy) is 1. The quantitative estimate of drug-likeness (QED) is 0.482. The van der Waals surface area contributed by atoms with Crippen molar-refractivity contribution in [3.05, 3.63) is 63.1 Å². The van der Waals surface area contributed by atoms with Crippen molar-refractivity contribution in [3.8, 4) is 11.8 Å². The van der Waals surface area contributed by atoms with E-state index in [9.17, 15) is 14.9 Å². The van der Waals surface area contributed by atoms with Gasteiger partial charge in [-0.3, -0.25) is 9.59 Å². The molecule has 0 aromatic heterocycles. The summed E-state index contributed by atoms with van der Waals surface area (Å²) in [6.07, 6.45) is 3.53. The Labute approximate surface area is 190 Å². The van der Waals surface area contributed by atoms with Gasteiger partial charge in [-0.2, -0.15) is 5.26 Å². The molecule has 0 aliphatic carbocycles. The predicted octanol–water partition coefficient (Wildman–Crippen LogP) is 4.61. The molecule has 6 nitrogen and oxygen atoms in total. The van der Waals surface area contributed by atoms with Gasteiger partial charge in [-0.15, -0.1) is 0 Å². The van der Waals surface area contributed by atoms with Crippen LogP contribution >= 0.6 is 15.9 Å². The van der Waals surface area contributed by atoms with E-state index in [2.05, 4.69) is 21.2 Å². The fourth-order valence-corrected chi connectivity index (χ4v) is 3.83. The van der Waals surface area contributed by atoms with E-state index in [1.165, 1.54) is 0 Å². The Morgan fingerprint density at radius 2 is 1.81 bits per heavy atom. The number of nitriles is 1. The molecule has 0 saturated carbocycles. The lowest BCUT2D eigenvalue weighted by Crippen LogP contribution is -2.28. The average molecular weight is 482 g/mol. The number of carbonyl (C=O) groups is 2. The SMILES string of the molecule is Cc1cc(Br)c(NC(=O)COc2ccc(/C=C(\C#N)C(=O)N3CCCC3)cc2)cc1C. The number of carbonyl (C=O) groups excluding carboxylic acids is 2. The molecule has 2 aromatic carbocycles. The van der Waals surface area contributed by atoms with Crippen LogP contribution in [0.2, 0.25) is 0 Å². The van der Waals surface area contributed by atoms with Crippen LogP contribution < -0.4 is 10.1 Å². The molecule has 3 rings (SSSR count). The lowest BCUT2D eigenvalue weighted by Gasteiger charge is -2.14. The number of amides is 2. The number of hydrogen-bond donors (Lipinski definition) is 1. The van der Waals surface area contributed by atoms with E-state index in [1.54, 1.807) is 35.2 Å². The number of aryl methyl sites for hydroxylation is 2. The van der Waals surface area contributed by atoms with E-state index in [0.29, 0.717) is 24.5 Å². The van der Waals surface area contributed by atoms with Crippen LogP contribution in [0, 0.1) is 25.2 Å².